The van der Waals surface area contributed by atoms with Crippen molar-refractivity contribution < 1.29 is 4.74 Å². The van der Waals surface area contributed by atoms with Gasteiger partial charge in [-0.25, -0.2) is 0 Å². The molecule has 3 rings (SSSR count). The van der Waals surface area contributed by atoms with E-state index >= 15 is 0 Å². The highest BCUT2D eigenvalue weighted by Crippen LogP contribution is 2.20. The first-order chi connectivity index (χ1) is 11.8. The van der Waals surface area contributed by atoms with Crippen LogP contribution < -0.4 is 10.1 Å². The van der Waals surface area contributed by atoms with E-state index in [2.05, 4.69) is 45.2 Å². The Hall–Kier alpha value is -2.14. The van der Waals surface area contributed by atoms with E-state index in [4.69, 9.17) is 4.74 Å². The molecular weight excluding hydrogens is 300 g/mol. The quantitative estimate of drug-likeness (QED) is 0.795. The molecule has 2 heterocycles. The number of nitrogens with one attached hydrogen (secondary N) is 1. The van der Waals surface area contributed by atoms with Gasteiger partial charge >= 0.3 is 0 Å². The molecule has 2 aromatic rings. The number of hydrogen-bond donors (Lipinski definition) is 1. The summed E-state index contributed by atoms with van der Waals surface area (Å²) in [6.07, 6.45) is 7.44. The largest absolute Gasteiger partial charge is 0.496 e. The number of aromatic nitrogens is 3. The summed E-state index contributed by atoms with van der Waals surface area (Å²) in [6, 6.07) is 8.06. The third kappa shape index (κ3) is 3.85. The van der Waals surface area contributed by atoms with E-state index in [1.54, 1.807) is 7.11 Å². The van der Waals surface area contributed by atoms with Crippen LogP contribution in [0, 0.1) is 5.92 Å². The Morgan fingerprint density at radius 2 is 2.21 bits per heavy atom. The topological polar surface area (TPSA) is 52.0 Å². The molecule has 0 amide bonds. The summed E-state index contributed by atoms with van der Waals surface area (Å²) in [5, 5.41) is 12.1. The van der Waals surface area contributed by atoms with Gasteiger partial charge in [-0.2, -0.15) is 0 Å². The lowest BCUT2D eigenvalue weighted by molar-refractivity contribution is 0.347. The maximum atomic E-state index is 5.36. The highest BCUT2D eigenvalue weighted by molar-refractivity contribution is 5.57. The second-order valence-corrected chi connectivity index (χ2v) is 6.20. The third-order valence-corrected chi connectivity index (χ3v) is 4.57. The predicted octanol–water partition coefficient (Wildman–Crippen LogP) is 2.71. The van der Waals surface area contributed by atoms with Gasteiger partial charge in [-0.1, -0.05) is 37.3 Å². The van der Waals surface area contributed by atoms with E-state index in [-0.39, 0.29) is 0 Å². The molecule has 5 nitrogen and oxygen atoms in total. The number of methoxy groups -OCH3 is 1. The van der Waals surface area contributed by atoms with Crippen molar-refractivity contribution in [3.63, 3.8) is 0 Å². The van der Waals surface area contributed by atoms with Crippen LogP contribution in [-0.2, 0) is 19.4 Å². The summed E-state index contributed by atoms with van der Waals surface area (Å²) in [5.41, 5.74) is 1.11. The van der Waals surface area contributed by atoms with Crippen LogP contribution >= 0.6 is 0 Å². The number of rotatable bonds is 7. The molecule has 0 aliphatic carbocycles. The van der Waals surface area contributed by atoms with Gasteiger partial charge in [0, 0.05) is 31.5 Å². The molecule has 0 bridgehead atoms. The number of nitrogens with zero attached hydrogens (tertiary/aromatic N) is 3. The number of benzene rings is 1. The number of hydrogen-bond acceptors (Lipinski definition) is 4. The van der Waals surface area contributed by atoms with Gasteiger partial charge in [0.15, 0.2) is 0 Å². The zero-order valence-corrected chi connectivity index (χ0v) is 14.5. The average molecular weight is 326 g/mol. The fraction of sp³-hybridized carbons (Fsp3) is 0.474. The van der Waals surface area contributed by atoms with Crippen molar-refractivity contribution in [2.75, 3.05) is 20.2 Å². The fourth-order valence-electron chi connectivity index (χ4n) is 3.24. The van der Waals surface area contributed by atoms with Gasteiger partial charge in [-0.15, -0.1) is 10.2 Å². The summed E-state index contributed by atoms with van der Waals surface area (Å²) < 4.78 is 7.66. The average Bonchev–Trinajstić information content (AvgIpc) is 3.04. The number of para-hydroxylation sites is 1. The molecule has 128 valence electrons. The summed E-state index contributed by atoms with van der Waals surface area (Å²) >= 11 is 0. The van der Waals surface area contributed by atoms with E-state index in [0.29, 0.717) is 5.92 Å². The van der Waals surface area contributed by atoms with Crippen LogP contribution in [0.3, 0.4) is 0 Å². The summed E-state index contributed by atoms with van der Waals surface area (Å²) in [5.74, 6) is 3.83. The van der Waals surface area contributed by atoms with Crippen molar-refractivity contribution in [2.24, 2.45) is 5.92 Å². The fourth-order valence-corrected chi connectivity index (χ4v) is 3.24. The van der Waals surface area contributed by atoms with E-state index in [9.17, 15) is 0 Å². The Kier molecular flexibility index (Phi) is 5.64. The van der Waals surface area contributed by atoms with E-state index in [0.717, 1.165) is 55.4 Å². The molecule has 0 saturated heterocycles. The van der Waals surface area contributed by atoms with E-state index in [1.807, 2.05) is 18.2 Å². The molecule has 0 radical (unpaired) electrons. The predicted molar refractivity (Wildman–Crippen MR) is 96.1 cm³/mol. The van der Waals surface area contributed by atoms with Gasteiger partial charge in [-0.3, -0.25) is 0 Å². The van der Waals surface area contributed by atoms with Crippen LogP contribution in [0.25, 0.3) is 6.08 Å². The smallest absolute Gasteiger partial charge is 0.133 e. The van der Waals surface area contributed by atoms with E-state index in [1.165, 1.54) is 6.42 Å². The van der Waals surface area contributed by atoms with Gasteiger partial charge in [0.1, 0.15) is 17.4 Å². The second-order valence-electron chi connectivity index (χ2n) is 6.20. The molecule has 0 saturated carbocycles. The van der Waals surface area contributed by atoms with Gasteiger partial charge < -0.3 is 14.6 Å². The zero-order chi connectivity index (χ0) is 16.8. The maximum Gasteiger partial charge on any atom is 0.133 e. The van der Waals surface area contributed by atoms with Crippen molar-refractivity contribution in [1.29, 1.82) is 0 Å². The van der Waals surface area contributed by atoms with Crippen LogP contribution in [0.15, 0.2) is 30.3 Å². The van der Waals surface area contributed by atoms with Crippen molar-refractivity contribution in [3.8, 4) is 5.75 Å². The zero-order valence-electron chi connectivity index (χ0n) is 14.5. The molecule has 1 N–H and O–H groups in total. The summed E-state index contributed by atoms with van der Waals surface area (Å²) in [7, 11) is 1.71. The third-order valence-electron chi connectivity index (χ3n) is 4.57. The second kappa shape index (κ2) is 8.11. The van der Waals surface area contributed by atoms with Crippen molar-refractivity contribution in [3.05, 3.63) is 47.6 Å². The lowest BCUT2D eigenvalue weighted by Gasteiger charge is -2.24. The first-order valence-electron chi connectivity index (χ1n) is 8.73. The van der Waals surface area contributed by atoms with Gasteiger partial charge in [-0.05, 0) is 24.9 Å². The lowest BCUT2D eigenvalue weighted by atomic mass is 9.99. The SMILES string of the molecule is CCc1nnc2n1C[C@@H](CNC/C=C/c1ccccc1OC)CC2. The summed E-state index contributed by atoms with van der Waals surface area (Å²) in [6.45, 7) is 5.07. The van der Waals surface area contributed by atoms with Crippen molar-refractivity contribution in [2.45, 2.75) is 32.7 Å². The molecule has 0 unspecified atom stereocenters. The Balaban J connectivity index is 1.46. The highest BCUT2D eigenvalue weighted by atomic mass is 16.5. The molecule has 5 heteroatoms. The number of fused-ring (bicyclic) bond motifs is 1. The monoisotopic (exact) mass is 326 g/mol. The Morgan fingerprint density at radius 1 is 1.33 bits per heavy atom. The minimum absolute atomic E-state index is 0.651. The van der Waals surface area contributed by atoms with Gasteiger partial charge in [0.25, 0.3) is 0 Å². The molecule has 1 atom stereocenters. The molecule has 1 aromatic heterocycles. The Bertz CT molecular complexity index is 679. The molecule has 1 aromatic carbocycles. The minimum Gasteiger partial charge on any atom is -0.496 e. The molecular formula is C19H26N4O. The van der Waals surface area contributed by atoms with Crippen LogP contribution in [-0.4, -0.2) is 35.0 Å². The maximum absolute atomic E-state index is 5.36. The first-order valence-corrected chi connectivity index (χ1v) is 8.73. The molecule has 1 aliphatic rings. The first kappa shape index (κ1) is 16.7. The Labute approximate surface area is 143 Å². The lowest BCUT2D eigenvalue weighted by Crippen LogP contribution is -2.30. The van der Waals surface area contributed by atoms with Crippen LogP contribution in [0.1, 0.15) is 30.6 Å². The Morgan fingerprint density at radius 3 is 3.04 bits per heavy atom. The highest BCUT2D eigenvalue weighted by Gasteiger charge is 2.21. The van der Waals surface area contributed by atoms with Gasteiger partial charge in [0.05, 0.1) is 7.11 Å². The molecule has 0 spiro atoms. The van der Waals surface area contributed by atoms with Crippen molar-refractivity contribution in [1.82, 2.24) is 20.1 Å². The minimum atomic E-state index is 0.651. The molecule has 1 aliphatic heterocycles. The normalized spacial score (nSPS) is 17.2. The summed E-state index contributed by atoms with van der Waals surface area (Å²) in [4.78, 5) is 0. The number of ether oxygens (including phenoxy) is 1. The van der Waals surface area contributed by atoms with Crippen LogP contribution in [0.4, 0.5) is 0 Å². The molecule has 0 fully saturated rings. The number of aryl methyl sites for hydroxylation is 2. The van der Waals surface area contributed by atoms with Crippen LogP contribution in [0.2, 0.25) is 0 Å². The van der Waals surface area contributed by atoms with E-state index < -0.39 is 0 Å². The van der Waals surface area contributed by atoms with Gasteiger partial charge in [0.2, 0.25) is 0 Å². The standard InChI is InChI=1S/C19H26N4O/c1-3-18-21-22-19-11-10-15(14-23(18)19)13-20-12-6-8-16-7-4-5-9-17(16)24-2/h4-9,15,20H,3,10-14H2,1-2H3/b8-6+/t15-/m1/s1. The molecule has 24 heavy (non-hydrogen) atoms. The van der Waals surface area contributed by atoms with Crippen LogP contribution in [0.5, 0.6) is 5.75 Å². The van der Waals surface area contributed by atoms with Crippen molar-refractivity contribution >= 4 is 6.08 Å².